The van der Waals surface area contributed by atoms with Crippen molar-refractivity contribution in [2.45, 2.75) is 108 Å². The number of alkyl carbamates (subject to hydrolysis) is 1. The number of methoxy groups -OCH3 is 2. The first-order valence-electron chi connectivity index (χ1n) is 12.8. The Labute approximate surface area is 203 Å². The van der Waals surface area contributed by atoms with Gasteiger partial charge in [0.2, 0.25) is 0 Å². The van der Waals surface area contributed by atoms with E-state index in [1.165, 1.54) is 12.7 Å². The molecule has 2 aliphatic heterocycles. The lowest BCUT2D eigenvalue weighted by Crippen LogP contribution is -2.57. The molecule has 0 aromatic heterocycles. The summed E-state index contributed by atoms with van der Waals surface area (Å²) in [6, 6.07) is -0.686. The van der Waals surface area contributed by atoms with Gasteiger partial charge in [0.25, 0.3) is 0 Å². The van der Waals surface area contributed by atoms with Crippen LogP contribution in [0.25, 0.3) is 0 Å². The third-order valence-corrected chi connectivity index (χ3v) is 8.35. The van der Waals surface area contributed by atoms with E-state index in [1.54, 1.807) is 7.11 Å². The molecule has 1 N–H and O–H groups in total. The fourth-order valence-corrected chi connectivity index (χ4v) is 6.33. The normalized spacial score (nSPS) is 38.0. The molecule has 34 heavy (non-hydrogen) atoms. The van der Waals surface area contributed by atoms with Crippen molar-refractivity contribution in [3.8, 4) is 0 Å². The van der Waals surface area contributed by atoms with E-state index in [4.69, 9.17) is 23.7 Å². The van der Waals surface area contributed by atoms with Crippen LogP contribution in [0.5, 0.6) is 0 Å². The van der Waals surface area contributed by atoms with Crippen LogP contribution >= 0.6 is 0 Å². The molecule has 8 heteroatoms. The van der Waals surface area contributed by atoms with Crippen LogP contribution in [0.4, 0.5) is 4.79 Å². The number of epoxide rings is 2. The minimum absolute atomic E-state index is 0.0399. The number of rotatable bonds is 8. The van der Waals surface area contributed by atoms with Crippen molar-refractivity contribution in [2.24, 2.45) is 11.8 Å². The number of carbonyl (C=O) groups excluding carboxylic acids is 2. The van der Waals surface area contributed by atoms with Crippen LogP contribution in [0.3, 0.4) is 0 Å². The Morgan fingerprint density at radius 2 is 1.85 bits per heavy atom. The standard InChI is InChI=1S/C26H41NO7/c1-16(2)11-12-19-25(3,34-19)22-21(30-4)18(13-14-26(22)15-32-26)33-24(29)27-20(23(28)31-5)17-9-7-6-8-10-17/h11,17-22H,6-10,12-15H2,1-5H3,(H,27,29)/t18-,19+,20-,21-,22-,25-,26+/m1/s1. The molecular weight excluding hydrogens is 438 g/mol. The van der Waals surface area contributed by atoms with Crippen molar-refractivity contribution >= 4 is 12.1 Å². The zero-order chi connectivity index (χ0) is 24.5. The molecule has 1 spiro atoms. The first-order valence-corrected chi connectivity index (χ1v) is 12.8. The Morgan fingerprint density at radius 1 is 1.15 bits per heavy atom. The van der Waals surface area contributed by atoms with E-state index in [0.29, 0.717) is 13.0 Å². The molecule has 0 aromatic rings. The zero-order valence-electron chi connectivity index (χ0n) is 21.3. The summed E-state index contributed by atoms with van der Waals surface area (Å²) in [5.41, 5.74) is 0.596. The Balaban J connectivity index is 1.44. The van der Waals surface area contributed by atoms with Crippen LogP contribution in [0.1, 0.15) is 72.1 Å². The second-order valence-electron chi connectivity index (χ2n) is 10.9. The highest BCUT2D eigenvalue weighted by Gasteiger charge is 2.72. The minimum Gasteiger partial charge on any atom is -0.467 e. The van der Waals surface area contributed by atoms with Crippen LogP contribution in [0.2, 0.25) is 0 Å². The van der Waals surface area contributed by atoms with Crippen LogP contribution in [-0.4, -0.2) is 68.4 Å². The number of amides is 1. The van der Waals surface area contributed by atoms with Gasteiger partial charge in [-0.3, -0.25) is 0 Å². The average molecular weight is 480 g/mol. The molecule has 0 bridgehead atoms. The summed E-state index contributed by atoms with van der Waals surface area (Å²) >= 11 is 0. The molecule has 1 amide bonds. The molecule has 2 saturated heterocycles. The Hall–Kier alpha value is -1.64. The number of esters is 1. The van der Waals surface area contributed by atoms with Crippen LogP contribution in [0.15, 0.2) is 11.6 Å². The van der Waals surface area contributed by atoms with Gasteiger partial charge in [-0.25, -0.2) is 9.59 Å². The van der Waals surface area contributed by atoms with Crippen molar-refractivity contribution < 1.29 is 33.3 Å². The van der Waals surface area contributed by atoms with Crippen LogP contribution in [0, 0.1) is 11.8 Å². The second-order valence-corrected chi connectivity index (χ2v) is 10.9. The van der Waals surface area contributed by atoms with Gasteiger partial charge in [0.1, 0.15) is 29.5 Å². The molecule has 2 aliphatic carbocycles. The summed E-state index contributed by atoms with van der Waals surface area (Å²) in [7, 11) is 3.01. The molecule has 8 nitrogen and oxygen atoms in total. The van der Waals surface area contributed by atoms with Gasteiger partial charge >= 0.3 is 12.1 Å². The zero-order valence-corrected chi connectivity index (χ0v) is 21.3. The average Bonchev–Trinajstić information content (AvgIpc) is 3.74. The molecule has 2 heterocycles. The molecule has 4 rings (SSSR count). The molecule has 0 unspecified atom stereocenters. The number of hydrogen-bond donors (Lipinski definition) is 1. The van der Waals surface area contributed by atoms with Crippen LogP contribution < -0.4 is 5.32 Å². The topological polar surface area (TPSA) is 98.9 Å². The number of nitrogens with one attached hydrogen (secondary N) is 1. The van der Waals surface area contributed by atoms with E-state index in [0.717, 1.165) is 44.9 Å². The molecule has 192 valence electrons. The van der Waals surface area contributed by atoms with Gasteiger partial charge in [-0.2, -0.15) is 0 Å². The lowest BCUT2D eigenvalue weighted by Gasteiger charge is -2.42. The summed E-state index contributed by atoms with van der Waals surface area (Å²) in [6.07, 6.45) is 8.23. The van der Waals surface area contributed by atoms with Gasteiger partial charge in [-0.05, 0) is 58.8 Å². The smallest absolute Gasteiger partial charge is 0.408 e. The van der Waals surface area contributed by atoms with Crippen molar-refractivity contribution in [1.82, 2.24) is 5.32 Å². The maximum Gasteiger partial charge on any atom is 0.408 e. The van der Waals surface area contributed by atoms with Gasteiger partial charge in [0.15, 0.2) is 0 Å². The van der Waals surface area contributed by atoms with Gasteiger partial charge in [-0.1, -0.05) is 30.9 Å². The third-order valence-electron chi connectivity index (χ3n) is 8.35. The molecular formula is C26H41NO7. The lowest BCUT2D eigenvalue weighted by molar-refractivity contribution is -0.145. The molecule has 4 aliphatic rings. The van der Waals surface area contributed by atoms with Gasteiger partial charge in [-0.15, -0.1) is 0 Å². The van der Waals surface area contributed by atoms with Crippen molar-refractivity contribution in [2.75, 3.05) is 20.8 Å². The maximum atomic E-state index is 13.0. The van der Waals surface area contributed by atoms with E-state index in [2.05, 4.69) is 32.2 Å². The van der Waals surface area contributed by atoms with Crippen molar-refractivity contribution in [3.63, 3.8) is 0 Å². The van der Waals surface area contributed by atoms with E-state index >= 15 is 0 Å². The molecule has 0 aromatic carbocycles. The first kappa shape index (κ1) is 25.5. The fourth-order valence-electron chi connectivity index (χ4n) is 6.33. The fraction of sp³-hybridized carbons (Fsp3) is 0.846. The highest BCUT2D eigenvalue weighted by Crippen LogP contribution is 2.59. The van der Waals surface area contributed by atoms with E-state index < -0.39 is 29.8 Å². The predicted molar refractivity (Wildman–Crippen MR) is 125 cm³/mol. The summed E-state index contributed by atoms with van der Waals surface area (Å²) in [5.74, 6) is -0.384. The van der Waals surface area contributed by atoms with E-state index in [1.807, 2.05) is 0 Å². The second kappa shape index (κ2) is 10.2. The molecule has 0 radical (unpaired) electrons. The van der Waals surface area contributed by atoms with Gasteiger partial charge < -0.3 is 29.0 Å². The molecule has 7 atom stereocenters. The van der Waals surface area contributed by atoms with E-state index in [-0.39, 0.29) is 29.6 Å². The Bertz CT molecular complexity index is 784. The summed E-state index contributed by atoms with van der Waals surface area (Å²) in [4.78, 5) is 25.4. The Morgan fingerprint density at radius 3 is 2.44 bits per heavy atom. The highest BCUT2D eigenvalue weighted by atomic mass is 16.6. The quantitative estimate of drug-likeness (QED) is 0.320. The number of carbonyl (C=O) groups is 2. The third kappa shape index (κ3) is 5.14. The van der Waals surface area contributed by atoms with Crippen LogP contribution in [-0.2, 0) is 28.5 Å². The van der Waals surface area contributed by atoms with E-state index in [9.17, 15) is 9.59 Å². The number of ether oxygens (including phenoxy) is 5. The van der Waals surface area contributed by atoms with Gasteiger partial charge in [0.05, 0.1) is 25.7 Å². The maximum absolute atomic E-state index is 13.0. The van der Waals surface area contributed by atoms with Crippen molar-refractivity contribution in [1.29, 1.82) is 0 Å². The molecule has 4 fully saturated rings. The lowest BCUT2D eigenvalue weighted by atomic mass is 9.68. The monoisotopic (exact) mass is 479 g/mol. The van der Waals surface area contributed by atoms with Gasteiger partial charge in [0, 0.05) is 7.11 Å². The molecule has 2 saturated carbocycles. The number of allylic oxidation sites excluding steroid dienone is 1. The highest BCUT2D eigenvalue weighted by molar-refractivity contribution is 5.81. The summed E-state index contributed by atoms with van der Waals surface area (Å²) in [5, 5.41) is 2.81. The summed E-state index contributed by atoms with van der Waals surface area (Å²) in [6.45, 7) is 6.97. The minimum atomic E-state index is -0.686. The van der Waals surface area contributed by atoms with Crippen molar-refractivity contribution in [3.05, 3.63) is 11.6 Å². The predicted octanol–water partition coefficient (Wildman–Crippen LogP) is 3.91. The Kier molecular flexibility index (Phi) is 7.60. The number of hydrogen-bond acceptors (Lipinski definition) is 7. The SMILES string of the molecule is COC(=O)[C@H](NC(=O)O[C@@H]1CC[C@]2(CO2)[C@@H]([C@]2(C)O[C@H]2CC=C(C)C)[C@@H]1OC)C1CCCCC1. The largest absolute Gasteiger partial charge is 0.467 e. The summed E-state index contributed by atoms with van der Waals surface area (Å²) < 4.78 is 29.0. The first-order chi connectivity index (χ1) is 16.2.